The lowest BCUT2D eigenvalue weighted by atomic mass is 10.1. The van der Waals surface area contributed by atoms with Crippen LogP contribution in [0, 0.1) is 12.8 Å². The van der Waals surface area contributed by atoms with Crippen molar-refractivity contribution in [2.75, 3.05) is 18.1 Å². The van der Waals surface area contributed by atoms with Crippen LogP contribution >= 0.6 is 22.7 Å². The Kier molecular flexibility index (Phi) is 5.36. The summed E-state index contributed by atoms with van der Waals surface area (Å²) in [6, 6.07) is 4.14. The fourth-order valence-corrected chi connectivity index (χ4v) is 6.34. The average Bonchev–Trinajstić information content (AvgIpc) is 3.20. The van der Waals surface area contributed by atoms with E-state index in [0.29, 0.717) is 19.4 Å². The number of hydrogen-bond donors (Lipinski definition) is 1. The normalized spacial score (nSPS) is 19.5. The minimum atomic E-state index is -2.91. The second-order valence-corrected chi connectivity index (χ2v) is 10.6. The summed E-state index contributed by atoms with van der Waals surface area (Å²) >= 11 is 3.34. The largest absolute Gasteiger partial charge is 0.356 e. The first-order valence-electron chi connectivity index (χ1n) is 7.89. The first-order chi connectivity index (χ1) is 11.4. The van der Waals surface area contributed by atoms with Crippen molar-refractivity contribution in [2.45, 2.75) is 26.2 Å². The Hall–Kier alpha value is -1.25. The topological polar surface area (TPSA) is 76.1 Å². The number of carbonyl (C=O) groups is 1. The van der Waals surface area contributed by atoms with Gasteiger partial charge in [0.15, 0.2) is 9.84 Å². The highest BCUT2D eigenvalue weighted by atomic mass is 32.2. The van der Waals surface area contributed by atoms with Gasteiger partial charge < -0.3 is 5.32 Å². The van der Waals surface area contributed by atoms with Crippen LogP contribution in [0.3, 0.4) is 0 Å². The summed E-state index contributed by atoms with van der Waals surface area (Å²) in [5.41, 5.74) is 1.01. The van der Waals surface area contributed by atoms with Crippen LogP contribution in [0.15, 0.2) is 17.5 Å². The van der Waals surface area contributed by atoms with Gasteiger partial charge in [-0.2, -0.15) is 0 Å². The van der Waals surface area contributed by atoms with E-state index in [4.69, 9.17) is 0 Å². The summed E-state index contributed by atoms with van der Waals surface area (Å²) in [7, 11) is -2.91. The number of hydrogen-bond acceptors (Lipinski definition) is 6. The molecule has 8 heteroatoms. The standard InChI is InChI=1S/C16H20N2O3S3/c1-11-18-14(9-22-11)15-3-2-13(23-15)4-6-17-16(19)8-12-5-7-24(20,21)10-12/h2-3,9,12H,4-8,10H2,1H3,(H,17,19). The smallest absolute Gasteiger partial charge is 0.220 e. The van der Waals surface area contributed by atoms with Crippen molar-refractivity contribution in [3.8, 4) is 10.6 Å². The van der Waals surface area contributed by atoms with Crippen LogP contribution in [0.5, 0.6) is 0 Å². The zero-order valence-corrected chi connectivity index (χ0v) is 15.9. The highest BCUT2D eigenvalue weighted by Gasteiger charge is 2.29. The number of thiazole rings is 1. The average molecular weight is 385 g/mol. The molecule has 0 bridgehead atoms. The van der Waals surface area contributed by atoms with Gasteiger partial charge in [-0.1, -0.05) is 0 Å². The Morgan fingerprint density at radius 1 is 1.42 bits per heavy atom. The van der Waals surface area contributed by atoms with Crippen LogP contribution in [-0.2, 0) is 21.1 Å². The van der Waals surface area contributed by atoms with E-state index in [2.05, 4.69) is 27.8 Å². The molecule has 0 spiro atoms. The first-order valence-corrected chi connectivity index (χ1v) is 11.4. The highest BCUT2D eigenvalue weighted by Crippen LogP contribution is 2.29. The molecule has 2 aromatic heterocycles. The molecule has 1 fully saturated rings. The van der Waals surface area contributed by atoms with Crippen LogP contribution in [-0.4, -0.2) is 37.4 Å². The molecular formula is C16H20N2O3S3. The summed E-state index contributed by atoms with van der Waals surface area (Å²) in [5.74, 6) is 0.307. The van der Waals surface area contributed by atoms with Gasteiger partial charge in [-0.15, -0.1) is 22.7 Å². The predicted octanol–water partition coefficient (Wildman–Crippen LogP) is 2.66. The van der Waals surface area contributed by atoms with Gasteiger partial charge in [0.25, 0.3) is 0 Å². The zero-order chi connectivity index (χ0) is 17.2. The quantitative estimate of drug-likeness (QED) is 0.831. The van der Waals surface area contributed by atoms with Crippen LogP contribution in [0.1, 0.15) is 22.7 Å². The van der Waals surface area contributed by atoms with Crippen LogP contribution in [0.2, 0.25) is 0 Å². The predicted molar refractivity (Wildman–Crippen MR) is 98.3 cm³/mol. The first kappa shape index (κ1) is 17.6. The van der Waals surface area contributed by atoms with E-state index in [1.54, 1.807) is 22.7 Å². The molecule has 3 rings (SSSR count). The number of aryl methyl sites for hydroxylation is 1. The lowest BCUT2D eigenvalue weighted by Gasteiger charge is -2.08. The van der Waals surface area contributed by atoms with E-state index in [1.165, 1.54) is 4.88 Å². The maximum absolute atomic E-state index is 11.9. The third-order valence-corrected chi connectivity index (χ3v) is 7.81. The van der Waals surface area contributed by atoms with Gasteiger partial charge in [-0.05, 0) is 37.8 Å². The molecular weight excluding hydrogens is 364 g/mol. The molecule has 0 aliphatic carbocycles. The third-order valence-electron chi connectivity index (χ3n) is 4.03. The molecule has 1 N–H and O–H groups in total. The van der Waals surface area contributed by atoms with E-state index < -0.39 is 9.84 Å². The van der Waals surface area contributed by atoms with Crippen molar-refractivity contribution in [1.29, 1.82) is 0 Å². The number of carbonyl (C=O) groups excluding carboxylic acids is 1. The van der Waals surface area contributed by atoms with Gasteiger partial charge in [0.05, 0.1) is 27.1 Å². The molecule has 0 aromatic carbocycles. The number of amides is 1. The zero-order valence-electron chi connectivity index (χ0n) is 13.4. The van der Waals surface area contributed by atoms with Crippen LogP contribution < -0.4 is 5.32 Å². The minimum Gasteiger partial charge on any atom is -0.356 e. The maximum Gasteiger partial charge on any atom is 0.220 e. The monoisotopic (exact) mass is 384 g/mol. The molecule has 130 valence electrons. The highest BCUT2D eigenvalue weighted by molar-refractivity contribution is 7.91. The molecule has 3 heterocycles. The van der Waals surface area contributed by atoms with Gasteiger partial charge in [0, 0.05) is 23.2 Å². The lowest BCUT2D eigenvalue weighted by Crippen LogP contribution is -2.27. The van der Waals surface area contributed by atoms with Gasteiger partial charge in [0.2, 0.25) is 5.91 Å². The van der Waals surface area contributed by atoms with Crippen molar-refractivity contribution < 1.29 is 13.2 Å². The van der Waals surface area contributed by atoms with Crippen LogP contribution in [0.25, 0.3) is 10.6 Å². The number of nitrogens with one attached hydrogen (secondary N) is 1. The second-order valence-electron chi connectivity index (χ2n) is 6.09. The number of rotatable bonds is 6. The Morgan fingerprint density at radius 2 is 2.25 bits per heavy atom. The van der Waals surface area contributed by atoms with Gasteiger partial charge in [-0.3, -0.25) is 4.79 Å². The van der Waals surface area contributed by atoms with E-state index >= 15 is 0 Å². The van der Waals surface area contributed by atoms with E-state index in [1.807, 2.05) is 6.92 Å². The number of sulfone groups is 1. The minimum absolute atomic E-state index is 0.0174. The summed E-state index contributed by atoms with van der Waals surface area (Å²) < 4.78 is 22.8. The molecule has 0 radical (unpaired) electrons. The van der Waals surface area contributed by atoms with Gasteiger partial charge >= 0.3 is 0 Å². The van der Waals surface area contributed by atoms with Crippen molar-refractivity contribution in [2.24, 2.45) is 5.92 Å². The molecule has 1 saturated heterocycles. The molecule has 5 nitrogen and oxygen atoms in total. The van der Waals surface area contributed by atoms with Gasteiger partial charge in [0.1, 0.15) is 0 Å². The molecule has 1 amide bonds. The van der Waals surface area contributed by atoms with E-state index in [0.717, 1.165) is 22.0 Å². The molecule has 0 saturated carbocycles. The Bertz CT molecular complexity index is 823. The third kappa shape index (κ3) is 4.64. The SMILES string of the molecule is Cc1nc(-c2ccc(CCNC(=O)CC3CCS(=O)(=O)C3)s2)cs1. The molecule has 1 aliphatic heterocycles. The van der Waals surface area contributed by atoms with E-state index in [-0.39, 0.29) is 23.3 Å². The maximum atomic E-state index is 11.9. The van der Waals surface area contributed by atoms with Crippen LogP contribution in [0.4, 0.5) is 0 Å². The Morgan fingerprint density at radius 3 is 2.92 bits per heavy atom. The summed E-state index contributed by atoms with van der Waals surface area (Å²) in [4.78, 5) is 18.8. The number of thiophene rings is 1. The number of nitrogens with zero attached hydrogens (tertiary/aromatic N) is 1. The summed E-state index contributed by atoms with van der Waals surface area (Å²) in [6.07, 6.45) is 1.70. The molecule has 2 aromatic rings. The Labute approximate surface area is 150 Å². The summed E-state index contributed by atoms with van der Waals surface area (Å²) in [5, 5.41) is 6.01. The lowest BCUT2D eigenvalue weighted by molar-refractivity contribution is -0.121. The van der Waals surface area contributed by atoms with Crippen molar-refractivity contribution in [3.63, 3.8) is 0 Å². The molecule has 24 heavy (non-hydrogen) atoms. The van der Waals surface area contributed by atoms with Gasteiger partial charge in [-0.25, -0.2) is 13.4 Å². The fourth-order valence-electron chi connectivity index (χ4n) is 2.82. The van der Waals surface area contributed by atoms with E-state index in [9.17, 15) is 13.2 Å². The second kappa shape index (κ2) is 7.33. The van der Waals surface area contributed by atoms with Crippen molar-refractivity contribution in [3.05, 3.63) is 27.4 Å². The Balaban J connectivity index is 1.43. The number of aromatic nitrogens is 1. The molecule has 1 atom stereocenters. The summed E-state index contributed by atoms with van der Waals surface area (Å²) in [6.45, 7) is 2.57. The fraction of sp³-hybridized carbons (Fsp3) is 0.500. The molecule has 1 unspecified atom stereocenters. The van der Waals surface area contributed by atoms with Crippen molar-refractivity contribution >= 4 is 38.4 Å². The molecule has 1 aliphatic rings. The van der Waals surface area contributed by atoms with Crippen molar-refractivity contribution in [1.82, 2.24) is 10.3 Å².